The Kier molecular flexibility index (Phi) is 9.15. The number of amides is 1. The maximum Gasteiger partial charge on any atom is 0.265 e. The third-order valence-electron chi connectivity index (χ3n) is 5.49. The average molecular weight is 554 g/mol. The number of nitrogens with one attached hydrogen (secondary N) is 1. The number of para-hydroxylation sites is 2. The second-order valence-electron chi connectivity index (χ2n) is 7.64. The van der Waals surface area contributed by atoms with Gasteiger partial charge in [-0.1, -0.05) is 17.3 Å². The first kappa shape index (κ1) is 24.3. The van der Waals surface area contributed by atoms with E-state index in [2.05, 4.69) is 27.2 Å². The molecule has 3 heterocycles. The van der Waals surface area contributed by atoms with Crippen LogP contribution in [0.5, 0.6) is 5.75 Å². The molecule has 0 atom stereocenters. The topological polar surface area (TPSA) is 86.4 Å². The molecule has 4 rings (SSSR count). The van der Waals surface area contributed by atoms with Gasteiger partial charge in [0.2, 0.25) is 0 Å². The summed E-state index contributed by atoms with van der Waals surface area (Å²) in [5, 5.41) is 7.40. The minimum absolute atomic E-state index is 0. The van der Waals surface area contributed by atoms with Gasteiger partial charge in [0.15, 0.2) is 12.6 Å². The number of carbonyl (C=O) groups excluding carboxylic acids is 1. The second-order valence-corrected chi connectivity index (χ2v) is 7.64. The third-order valence-corrected chi connectivity index (χ3v) is 5.49. The fraction of sp³-hybridized carbons (Fsp3) is 0.500. The molecule has 2 aliphatic heterocycles. The van der Waals surface area contributed by atoms with E-state index in [1.54, 1.807) is 6.26 Å². The Morgan fingerprint density at radius 1 is 1.19 bits per heavy atom. The van der Waals surface area contributed by atoms with Crippen LogP contribution in [0.25, 0.3) is 0 Å². The summed E-state index contributed by atoms with van der Waals surface area (Å²) in [7, 11) is 0. The van der Waals surface area contributed by atoms with Crippen LogP contribution in [-0.2, 0) is 11.3 Å². The standard InChI is InChI=1S/C22H30N6O3.HI/c1-2-23-22(27-13-11-26(12-14-27)16-18-8-15-31-25-18)24-9-5-10-28-19-6-3-4-7-20(19)30-17-21(28)29;/h3-4,6-8,15H,2,5,9-14,16-17H2,1H3,(H,23,24);1H. The highest BCUT2D eigenvalue weighted by atomic mass is 127. The summed E-state index contributed by atoms with van der Waals surface area (Å²) in [6.07, 6.45) is 2.41. The zero-order valence-corrected chi connectivity index (χ0v) is 20.7. The van der Waals surface area contributed by atoms with Crippen molar-refractivity contribution in [1.29, 1.82) is 0 Å². The Hall–Kier alpha value is -2.34. The number of guanidine groups is 1. The average Bonchev–Trinajstić information content (AvgIpc) is 3.31. The number of benzene rings is 1. The molecule has 32 heavy (non-hydrogen) atoms. The van der Waals surface area contributed by atoms with E-state index in [4.69, 9.17) is 14.3 Å². The molecule has 2 aliphatic rings. The summed E-state index contributed by atoms with van der Waals surface area (Å²) in [5.41, 5.74) is 1.81. The predicted molar refractivity (Wildman–Crippen MR) is 134 cm³/mol. The zero-order chi connectivity index (χ0) is 21.5. The maximum atomic E-state index is 12.3. The summed E-state index contributed by atoms with van der Waals surface area (Å²) < 4.78 is 10.4. The van der Waals surface area contributed by atoms with Crippen LogP contribution in [0.2, 0.25) is 0 Å². The van der Waals surface area contributed by atoms with Crippen LogP contribution in [-0.4, -0.2) is 79.2 Å². The predicted octanol–water partition coefficient (Wildman–Crippen LogP) is 2.19. The Labute approximate surface area is 205 Å². The van der Waals surface area contributed by atoms with Crippen LogP contribution in [0, 0.1) is 0 Å². The number of anilines is 1. The Balaban J connectivity index is 0.00000289. The van der Waals surface area contributed by atoms with Crippen molar-refractivity contribution in [3.05, 3.63) is 42.3 Å². The first-order valence-electron chi connectivity index (χ1n) is 10.9. The molecule has 174 valence electrons. The fourth-order valence-corrected chi connectivity index (χ4v) is 3.90. The molecule has 1 N–H and O–H groups in total. The number of hydrogen-bond acceptors (Lipinski definition) is 6. The molecule has 0 bridgehead atoms. The van der Waals surface area contributed by atoms with E-state index < -0.39 is 0 Å². The number of hydrogen-bond donors (Lipinski definition) is 1. The van der Waals surface area contributed by atoms with E-state index in [9.17, 15) is 4.79 Å². The maximum absolute atomic E-state index is 12.3. The summed E-state index contributed by atoms with van der Waals surface area (Å²) in [6.45, 7) is 8.86. The lowest BCUT2D eigenvalue weighted by Crippen LogP contribution is -2.52. The number of ether oxygens (including phenoxy) is 1. The van der Waals surface area contributed by atoms with E-state index in [1.165, 1.54) is 0 Å². The van der Waals surface area contributed by atoms with Crippen molar-refractivity contribution in [3.63, 3.8) is 0 Å². The number of aromatic nitrogens is 1. The van der Waals surface area contributed by atoms with Gasteiger partial charge in [-0.3, -0.25) is 14.7 Å². The number of piperazine rings is 1. The van der Waals surface area contributed by atoms with E-state index in [-0.39, 0.29) is 36.5 Å². The number of rotatable bonds is 7. The second kappa shape index (κ2) is 12.0. The summed E-state index contributed by atoms with van der Waals surface area (Å²) in [6, 6.07) is 9.59. The molecule has 0 radical (unpaired) electrons. The molecule has 0 spiro atoms. The van der Waals surface area contributed by atoms with Gasteiger partial charge in [0, 0.05) is 58.4 Å². The monoisotopic (exact) mass is 554 g/mol. The fourth-order valence-electron chi connectivity index (χ4n) is 3.90. The molecule has 1 saturated heterocycles. The quantitative estimate of drug-likeness (QED) is 0.243. The number of fused-ring (bicyclic) bond motifs is 1. The molecule has 0 unspecified atom stereocenters. The van der Waals surface area contributed by atoms with Crippen LogP contribution >= 0.6 is 24.0 Å². The van der Waals surface area contributed by atoms with Crippen LogP contribution in [0.3, 0.4) is 0 Å². The van der Waals surface area contributed by atoms with Crippen LogP contribution in [0.15, 0.2) is 46.1 Å². The van der Waals surface area contributed by atoms with Gasteiger partial charge in [-0.2, -0.15) is 0 Å². The summed E-state index contributed by atoms with van der Waals surface area (Å²) >= 11 is 0. The minimum Gasteiger partial charge on any atom is -0.482 e. The number of aliphatic imine (C=N–C) groups is 1. The number of halogens is 1. The molecule has 1 fully saturated rings. The smallest absolute Gasteiger partial charge is 0.265 e. The van der Waals surface area contributed by atoms with Crippen molar-refractivity contribution in [2.24, 2.45) is 4.99 Å². The van der Waals surface area contributed by atoms with Gasteiger partial charge >= 0.3 is 0 Å². The van der Waals surface area contributed by atoms with E-state index in [0.29, 0.717) is 13.1 Å². The minimum atomic E-state index is -0.00202. The van der Waals surface area contributed by atoms with Crippen molar-refractivity contribution in [3.8, 4) is 5.75 Å². The van der Waals surface area contributed by atoms with E-state index >= 15 is 0 Å². The Morgan fingerprint density at radius 3 is 2.75 bits per heavy atom. The molecular formula is C22H31IN6O3. The van der Waals surface area contributed by atoms with Crippen LogP contribution in [0.4, 0.5) is 5.69 Å². The molecule has 1 aromatic carbocycles. The van der Waals surface area contributed by atoms with Crippen molar-refractivity contribution >= 4 is 41.5 Å². The lowest BCUT2D eigenvalue weighted by molar-refractivity contribution is -0.121. The van der Waals surface area contributed by atoms with Crippen LogP contribution < -0.4 is 15.0 Å². The van der Waals surface area contributed by atoms with Gasteiger partial charge in [0.05, 0.1) is 11.4 Å². The molecule has 0 aliphatic carbocycles. The molecule has 1 aromatic heterocycles. The number of nitrogens with zero attached hydrogens (tertiary/aromatic N) is 5. The molecule has 10 heteroatoms. The van der Waals surface area contributed by atoms with E-state index in [1.807, 2.05) is 35.2 Å². The first-order valence-corrected chi connectivity index (χ1v) is 10.9. The lowest BCUT2D eigenvalue weighted by Gasteiger charge is -2.36. The van der Waals surface area contributed by atoms with Crippen molar-refractivity contribution in [2.75, 3.05) is 57.3 Å². The zero-order valence-electron chi connectivity index (χ0n) is 18.4. The largest absolute Gasteiger partial charge is 0.482 e. The van der Waals surface area contributed by atoms with Crippen molar-refractivity contribution in [2.45, 2.75) is 19.9 Å². The molecule has 0 saturated carbocycles. The normalized spacial score (nSPS) is 16.9. The van der Waals surface area contributed by atoms with E-state index in [0.717, 1.165) is 68.8 Å². The summed E-state index contributed by atoms with van der Waals surface area (Å²) in [4.78, 5) is 23.6. The van der Waals surface area contributed by atoms with Gasteiger partial charge in [-0.25, -0.2) is 0 Å². The Bertz CT molecular complexity index is 884. The SMILES string of the molecule is CCNC(=NCCCN1C(=O)COc2ccccc21)N1CCN(Cc2ccon2)CC1.I. The molecular weight excluding hydrogens is 523 g/mol. The van der Waals surface area contributed by atoms with Crippen molar-refractivity contribution in [1.82, 2.24) is 20.3 Å². The van der Waals surface area contributed by atoms with Gasteiger partial charge in [0.1, 0.15) is 12.0 Å². The molecule has 1 amide bonds. The highest BCUT2D eigenvalue weighted by molar-refractivity contribution is 14.0. The van der Waals surface area contributed by atoms with Crippen LogP contribution in [0.1, 0.15) is 19.0 Å². The van der Waals surface area contributed by atoms with Gasteiger partial charge in [-0.15, -0.1) is 24.0 Å². The van der Waals surface area contributed by atoms with Gasteiger partial charge in [-0.05, 0) is 25.5 Å². The molecule has 9 nitrogen and oxygen atoms in total. The molecule has 2 aromatic rings. The van der Waals surface area contributed by atoms with Gasteiger partial charge < -0.3 is 24.4 Å². The third kappa shape index (κ3) is 6.12. The Morgan fingerprint density at radius 2 is 2.00 bits per heavy atom. The highest BCUT2D eigenvalue weighted by Crippen LogP contribution is 2.31. The lowest BCUT2D eigenvalue weighted by atomic mass is 10.2. The number of carbonyl (C=O) groups is 1. The summed E-state index contributed by atoms with van der Waals surface area (Å²) in [5.74, 6) is 1.71. The highest BCUT2D eigenvalue weighted by Gasteiger charge is 2.24. The van der Waals surface area contributed by atoms with Gasteiger partial charge in [0.25, 0.3) is 5.91 Å². The van der Waals surface area contributed by atoms with Crippen molar-refractivity contribution < 1.29 is 14.1 Å². The first-order chi connectivity index (χ1) is 15.2.